The first-order valence-electron chi connectivity index (χ1n) is 5.01. The third kappa shape index (κ3) is 4.07. The highest BCUT2D eigenvalue weighted by Crippen LogP contribution is 2.13. The normalized spacial score (nSPS) is 14.8. The fourth-order valence-electron chi connectivity index (χ4n) is 1.01. The predicted octanol–water partition coefficient (Wildman–Crippen LogP) is 1.93. The molecule has 1 unspecified atom stereocenters. The van der Waals surface area contributed by atoms with E-state index in [1.54, 1.807) is 0 Å². The summed E-state index contributed by atoms with van der Waals surface area (Å²) in [7, 11) is 0. The average molecular weight is 173 g/mol. The lowest BCUT2D eigenvalue weighted by Crippen LogP contribution is -2.44. The Morgan fingerprint density at radius 2 is 1.75 bits per heavy atom. The largest absolute Gasteiger partial charge is 0.392 e. The zero-order chi connectivity index (χ0) is 9.61. The minimum absolute atomic E-state index is 0.192. The molecule has 2 N–H and O–H groups in total. The van der Waals surface area contributed by atoms with Crippen LogP contribution in [0.2, 0.25) is 0 Å². The number of β-amino-alcohol motifs (C(OH)–C–C–N with tert-alkyl or cyclic N) is 1. The minimum atomic E-state index is -0.192. The van der Waals surface area contributed by atoms with Crippen LogP contribution < -0.4 is 5.32 Å². The number of aliphatic hydroxyl groups is 1. The first kappa shape index (κ1) is 11.9. The van der Waals surface area contributed by atoms with Crippen molar-refractivity contribution in [1.29, 1.82) is 0 Å². The third-order valence-electron chi connectivity index (χ3n) is 2.80. The number of rotatable bonds is 6. The lowest BCUT2D eigenvalue weighted by atomic mass is 9.95. The van der Waals surface area contributed by atoms with Gasteiger partial charge in [-0.1, -0.05) is 20.8 Å². The SMILES string of the molecule is CCC(O)CNC(C)(CC)CC. The summed E-state index contributed by atoms with van der Waals surface area (Å²) in [6.45, 7) is 9.27. The highest BCUT2D eigenvalue weighted by Gasteiger charge is 2.18. The molecule has 74 valence electrons. The van der Waals surface area contributed by atoms with Crippen molar-refractivity contribution >= 4 is 0 Å². The maximum Gasteiger partial charge on any atom is 0.0662 e. The van der Waals surface area contributed by atoms with Crippen molar-refractivity contribution in [2.45, 2.75) is 58.6 Å². The van der Waals surface area contributed by atoms with Crippen LogP contribution in [0.4, 0.5) is 0 Å². The van der Waals surface area contributed by atoms with E-state index in [-0.39, 0.29) is 11.6 Å². The van der Waals surface area contributed by atoms with Crippen LogP contribution in [0.15, 0.2) is 0 Å². The summed E-state index contributed by atoms with van der Waals surface area (Å²) in [4.78, 5) is 0. The van der Waals surface area contributed by atoms with E-state index in [1.807, 2.05) is 6.92 Å². The molecule has 0 saturated carbocycles. The van der Waals surface area contributed by atoms with Crippen molar-refractivity contribution in [1.82, 2.24) is 5.32 Å². The molecule has 0 rings (SSSR count). The Bertz CT molecular complexity index is 110. The Balaban J connectivity index is 3.72. The third-order valence-corrected chi connectivity index (χ3v) is 2.80. The van der Waals surface area contributed by atoms with Gasteiger partial charge < -0.3 is 10.4 Å². The van der Waals surface area contributed by atoms with Crippen molar-refractivity contribution in [3.8, 4) is 0 Å². The van der Waals surface area contributed by atoms with Crippen molar-refractivity contribution < 1.29 is 5.11 Å². The molecule has 2 heteroatoms. The summed E-state index contributed by atoms with van der Waals surface area (Å²) in [5.74, 6) is 0. The number of hydrogen-bond donors (Lipinski definition) is 2. The molecule has 0 bridgehead atoms. The Kier molecular flexibility index (Phi) is 5.51. The quantitative estimate of drug-likeness (QED) is 0.643. The molecular formula is C10H23NO. The van der Waals surface area contributed by atoms with E-state index < -0.39 is 0 Å². The first-order chi connectivity index (χ1) is 5.58. The summed E-state index contributed by atoms with van der Waals surface area (Å²) in [5.41, 5.74) is 0.205. The molecule has 0 aliphatic carbocycles. The van der Waals surface area contributed by atoms with Gasteiger partial charge in [-0.25, -0.2) is 0 Å². The zero-order valence-electron chi connectivity index (χ0n) is 8.85. The number of nitrogens with one attached hydrogen (secondary N) is 1. The van der Waals surface area contributed by atoms with Crippen molar-refractivity contribution in [3.63, 3.8) is 0 Å². The standard InChI is InChI=1S/C10H23NO/c1-5-9(12)8-11-10(4,6-2)7-3/h9,11-12H,5-8H2,1-4H3. The Morgan fingerprint density at radius 1 is 1.25 bits per heavy atom. The van der Waals surface area contributed by atoms with Gasteiger partial charge in [-0.2, -0.15) is 0 Å². The second-order valence-corrected chi connectivity index (χ2v) is 3.71. The highest BCUT2D eigenvalue weighted by molar-refractivity contribution is 4.80. The van der Waals surface area contributed by atoms with Gasteiger partial charge in [0.05, 0.1) is 6.10 Å². The topological polar surface area (TPSA) is 32.3 Å². The van der Waals surface area contributed by atoms with E-state index in [0.29, 0.717) is 6.54 Å². The van der Waals surface area contributed by atoms with Crippen molar-refractivity contribution in [2.24, 2.45) is 0 Å². The van der Waals surface area contributed by atoms with Gasteiger partial charge >= 0.3 is 0 Å². The molecule has 0 aromatic heterocycles. The van der Waals surface area contributed by atoms with Gasteiger partial charge in [0.25, 0.3) is 0 Å². The van der Waals surface area contributed by atoms with Crippen LogP contribution in [0.25, 0.3) is 0 Å². The van der Waals surface area contributed by atoms with E-state index in [4.69, 9.17) is 0 Å². The Labute approximate surface area is 76.4 Å². The van der Waals surface area contributed by atoms with Crippen LogP contribution in [0.5, 0.6) is 0 Å². The smallest absolute Gasteiger partial charge is 0.0662 e. The maximum atomic E-state index is 9.35. The summed E-state index contributed by atoms with van der Waals surface area (Å²) >= 11 is 0. The van der Waals surface area contributed by atoms with Gasteiger partial charge in [0.2, 0.25) is 0 Å². The maximum absolute atomic E-state index is 9.35. The first-order valence-corrected chi connectivity index (χ1v) is 5.01. The number of hydrogen-bond acceptors (Lipinski definition) is 2. The van der Waals surface area contributed by atoms with Gasteiger partial charge in [-0.15, -0.1) is 0 Å². The van der Waals surface area contributed by atoms with Gasteiger partial charge in [-0.3, -0.25) is 0 Å². The molecule has 0 aliphatic heterocycles. The van der Waals surface area contributed by atoms with Crippen LogP contribution in [-0.4, -0.2) is 23.3 Å². The van der Waals surface area contributed by atoms with Crippen molar-refractivity contribution in [3.05, 3.63) is 0 Å². The molecule has 0 heterocycles. The second-order valence-electron chi connectivity index (χ2n) is 3.71. The van der Waals surface area contributed by atoms with Crippen LogP contribution in [0.3, 0.4) is 0 Å². The fraction of sp³-hybridized carbons (Fsp3) is 1.00. The van der Waals surface area contributed by atoms with E-state index in [0.717, 1.165) is 19.3 Å². The molecule has 0 fully saturated rings. The Hall–Kier alpha value is -0.0800. The second kappa shape index (κ2) is 5.55. The van der Waals surface area contributed by atoms with Crippen LogP contribution >= 0.6 is 0 Å². The molecule has 1 atom stereocenters. The average Bonchev–Trinajstić information content (AvgIpc) is 2.13. The zero-order valence-corrected chi connectivity index (χ0v) is 8.85. The van der Waals surface area contributed by atoms with E-state index in [1.165, 1.54) is 0 Å². The Morgan fingerprint density at radius 3 is 2.08 bits per heavy atom. The van der Waals surface area contributed by atoms with Crippen LogP contribution in [-0.2, 0) is 0 Å². The van der Waals surface area contributed by atoms with Gasteiger partial charge in [-0.05, 0) is 26.2 Å². The van der Waals surface area contributed by atoms with Gasteiger partial charge in [0, 0.05) is 12.1 Å². The number of aliphatic hydroxyl groups excluding tert-OH is 1. The molecule has 0 amide bonds. The van der Waals surface area contributed by atoms with Crippen LogP contribution in [0, 0.1) is 0 Å². The highest BCUT2D eigenvalue weighted by atomic mass is 16.3. The monoisotopic (exact) mass is 173 g/mol. The van der Waals surface area contributed by atoms with Crippen molar-refractivity contribution in [2.75, 3.05) is 6.54 Å². The lowest BCUT2D eigenvalue weighted by Gasteiger charge is -2.29. The predicted molar refractivity (Wildman–Crippen MR) is 53.3 cm³/mol. The summed E-state index contributed by atoms with van der Waals surface area (Å²) < 4.78 is 0. The fourth-order valence-corrected chi connectivity index (χ4v) is 1.01. The van der Waals surface area contributed by atoms with Gasteiger partial charge in [0.1, 0.15) is 0 Å². The molecule has 0 spiro atoms. The molecule has 0 aromatic carbocycles. The van der Waals surface area contributed by atoms with Gasteiger partial charge in [0.15, 0.2) is 0 Å². The summed E-state index contributed by atoms with van der Waals surface area (Å²) in [5, 5.41) is 12.7. The molecule has 0 saturated heterocycles. The van der Waals surface area contributed by atoms with E-state index >= 15 is 0 Å². The summed E-state index contributed by atoms with van der Waals surface area (Å²) in [6.07, 6.45) is 2.86. The molecule has 0 aliphatic rings. The minimum Gasteiger partial charge on any atom is -0.392 e. The van der Waals surface area contributed by atoms with E-state index in [9.17, 15) is 5.11 Å². The van der Waals surface area contributed by atoms with E-state index in [2.05, 4.69) is 26.1 Å². The van der Waals surface area contributed by atoms with Crippen LogP contribution in [0.1, 0.15) is 47.0 Å². The molecule has 0 aromatic rings. The lowest BCUT2D eigenvalue weighted by molar-refractivity contribution is 0.150. The molecule has 0 radical (unpaired) electrons. The molecule has 2 nitrogen and oxygen atoms in total. The molecular weight excluding hydrogens is 150 g/mol. The molecule has 12 heavy (non-hydrogen) atoms. The summed E-state index contributed by atoms with van der Waals surface area (Å²) in [6, 6.07) is 0.